The number of para-hydroxylation sites is 1. The number of nitrogens with one attached hydrogen (secondary N) is 1. The third kappa shape index (κ3) is 2.56. The van der Waals surface area contributed by atoms with Gasteiger partial charge in [0.2, 0.25) is 0 Å². The van der Waals surface area contributed by atoms with Crippen LogP contribution in [0.1, 0.15) is 36.1 Å². The summed E-state index contributed by atoms with van der Waals surface area (Å²) in [5.41, 5.74) is 3.92. The molecule has 0 aliphatic heterocycles. The predicted octanol–water partition coefficient (Wildman–Crippen LogP) is 3.60. The standard InChI is InChI=1S/C18H21NO/c1-2-17(16-9-5-6-10-18(16)20)19-15-11-13-7-3-4-8-14(13)12-15/h3-10,15,17,19-20H,2,11-12H2,1H3. The predicted molar refractivity (Wildman–Crippen MR) is 81.9 cm³/mol. The van der Waals surface area contributed by atoms with Gasteiger partial charge < -0.3 is 10.4 Å². The molecule has 2 nitrogen and oxygen atoms in total. The minimum absolute atomic E-state index is 0.218. The Labute approximate surface area is 120 Å². The minimum atomic E-state index is 0.218. The van der Waals surface area contributed by atoms with Crippen molar-refractivity contribution < 1.29 is 5.11 Å². The molecule has 2 heteroatoms. The van der Waals surface area contributed by atoms with Crippen LogP contribution in [0.5, 0.6) is 5.75 Å². The van der Waals surface area contributed by atoms with E-state index in [4.69, 9.17) is 0 Å². The van der Waals surface area contributed by atoms with Crippen LogP contribution in [0.3, 0.4) is 0 Å². The summed E-state index contributed by atoms with van der Waals surface area (Å²) >= 11 is 0. The highest BCUT2D eigenvalue weighted by molar-refractivity contribution is 5.36. The summed E-state index contributed by atoms with van der Waals surface area (Å²) in [6.07, 6.45) is 3.14. The van der Waals surface area contributed by atoms with Crippen molar-refractivity contribution >= 4 is 0 Å². The van der Waals surface area contributed by atoms with Crippen molar-refractivity contribution in [2.75, 3.05) is 0 Å². The van der Waals surface area contributed by atoms with E-state index in [9.17, 15) is 5.11 Å². The van der Waals surface area contributed by atoms with Gasteiger partial charge in [-0.15, -0.1) is 0 Å². The summed E-state index contributed by atoms with van der Waals surface area (Å²) in [6.45, 7) is 2.16. The van der Waals surface area contributed by atoms with E-state index in [1.165, 1.54) is 11.1 Å². The van der Waals surface area contributed by atoms with Crippen LogP contribution in [0.15, 0.2) is 48.5 Å². The second kappa shape index (κ2) is 5.68. The fourth-order valence-electron chi connectivity index (χ4n) is 3.17. The molecule has 0 radical (unpaired) electrons. The zero-order chi connectivity index (χ0) is 13.9. The van der Waals surface area contributed by atoms with Gasteiger partial charge >= 0.3 is 0 Å². The topological polar surface area (TPSA) is 32.3 Å². The number of phenols is 1. The van der Waals surface area contributed by atoms with E-state index in [1.807, 2.05) is 18.2 Å². The summed E-state index contributed by atoms with van der Waals surface area (Å²) in [5, 5.41) is 13.7. The van der Waals surface area contributed by atoms with E-state index in [0.29, 0.717) is 11.8 Å². The van der Waals surface area contributed by atoms with Crippen molar-refractivity contribution in [2.45, 2.75) is 38.3 Å². The van der Waals surface area contributed by atoms with Crippen LogP contribution in [0, 0.1) is 0 Å². The fourth-order valence-corrected chi connectivity index (χ4v) is 3.17. The molecular weight excluding hydrogens is 246 g/mol. The Morgan fingerprint density at radius 3 is 2.25 bits per heavy atom. The number of hydrogen-bond donors (Lipinski definition) is 2. The molecule has 0 aromatic heterocycles. The van der Waals surface area contributed by atoms with Crippen molar-refractivity contribution in [3.63, 3.8) is 0 Å². The second-order valence-electron chi connectivity index (χ2n) is 5.56. The van der Waals surface area contributed by atoms with Crippen LogP contribution in [0.2, 0.25) is 0 Å². The minimum Gasteiger partial charge on any atom is -0.508 e. The quantitative estimate of drug-likeness (QED) is 0.887. The van der Waals surface area contributed by atoms with Gasteiger partial charge in [0.15, 0.2) is 0 Å². The molecule has 104 valence electrons. The maximum absolute atomic E-state index is 10.0. The normalized spacial score (nSPS) is 16.1. The molecule has 0 amide bonds. The molecule has 1 atom stereocenters. The lowest BCUT2D eigenvalue weighted by Gasteiger charge is -2.23. The molecule has 1 aliphatic rings. The number of hydrogen-bond acceptors (Lipinski definition) is 2. The number of fused-ring (bicyclic) bond motifs is 1. The summed E-state index contributed by atoms with van der Waals surface area (Å²) in [5.74, 6) is 0.391. The van der Waals surface area contributed by atoms with Crippen LogP contribution in [0.25, 0.3) is 0 Å². The molecule has 1 aliphatic carbocycles. The fraction of sp³-hybridized carbons (Fsp3) is 0.333. The molecule has 0 fully saturated rings. The Balaban J connectivity index is 1.73. The Morgan fingerprint density at radius 1 is 1.05 bits per heavy atom. The van der Waals surface area contributed by atoms with Gasteiger partial charge in [0, 0.05) is 17.6 Å². The van der Waals surface area contributed by atoms with Crippen LogP contribution in [-0.4, -0.2) is 11.1 Å². The number of benzene rings is 2. The molecular formula is C18H21NO. The first-order valence-electron chi connectivity index (χ1n) is 7.38. The van der Waals surface area contributed by atoms with Crippen LogP contribution in [-0.2, 0) is 12.8 Å². The molecule has 0 saturated carbocycles. The summed E-state index contributed by atoms with van der Waals surface area (Å²) < 4.78 is 0. The largest absolute Gasteiger partial charge is 0.508 e. The first-order chi connectivity index (χ1) is 9.78. The number of phenolic OH excluding ortho intramolecular Hbond substituents is 1. The van der Waals surface area contributed by atoms with Gasteiger partial charge in [0.05, 0.1) is 0 Å². The lowest BCUT2D eigenvalue weighted by molar-refractivity contribution is 0.408. The highest BCUT2D eigenvalue weighted by Crippen LogP contribution is 2.29. The molecule has 20 heavy (non-hydrogen) atoms. The van der Waals surface area contributed by atoms with E-state index in [2.05, 4.69) is 36.5 Å². The van der Waals surface area contributed by atoms with Crippen molar-refractivity contribution in [3.05, 3.63) is 65.2 Å². The van der Waals surface area contributed by atoms with E-state index >= 15 is 0 Å². The zero-order valence-corrected chi connectivity index (χ0v) is 11.8. The maximum Gasteiger partial charge on any atom is 0.120 e. The van der Waals surface area contributed by atoms with E-state index in [0.717, 1.165) is 24.8 Å². The average molecular weight is 267 g/mol. The molecule has 0 spiro atoms. The molecule has 0 saturated heterocycles. The van der Waals surface area contributed by atoms with Gasteiger partial charge in [-0.25, -0.2) is 0 Å². The Hall–Kier alpha value is -1.80. The molecule has 2 aromatic carbocycles. The molecule has 3 rings (SSSR count). The van der Waals surface area contributed by atoms with E-state index < -0.39 is 0 Å². The van der Waals surface area contributed by atoms with Crippen LogP contribution >= 0.6 is 0 Å². The van der Waals surface area contributed by atoms with Gasteiger partial charge in [-0.05, 0) is 36.5 Å². The maximum atomic E-state index is 10.0. The molecule has 0 heterocycles. The Morgan fingerprint density at radius 2 is 1.65 bits per heavy atom. The first kappa shape index (κ1) is 13.2. The van der Waals surface area contributed by atoms with Gasteiger partial charge in [0.1, 0.15) is 5.75 Å². The first-order valence-corrected chi connectivity index (χ1v) is 7.38. The lowest BCUT2D eigenvalue weighted by Crippen LogP contribution is -2.33. The molecule has 2 aromatic rings. The SMILES string of the molecule is CCC(NC1Cc2ccccc2C1)c1ccccc1O. The molecule has 1 unspecified atom stereocenters. The monoisotopic (exact) mass is 267 g/mol. The highest BCUT2D eigenvalue weighted by atomic mass is 16.3. The number of aromatic hydroxyl groups is 1. The van der Waals surface area contributed by atoms with Crippen molar-refractivity contribution in [1.29, 1.82) is 0 Å². The van der Waals surface area contributed by atoms with Gasteiger partial charge in [-0.1, -0.05) is 49.4 Å². The van der Waals surface area contributed by atoms with Crippen molar-refractivity contribution in [3.8, 4) is 5.75 Å². The van der Waals surface area contributed by atoms with E-state index in [-0.39, 0.29) is 6.04 Å². The zero-order valence-electron chi connectivity index (χ0n) is 11.8. The van der Waals surface area contributed by atoms with Crippen molar-refractivity contribution in [1.82, 2.24) is 5.32 Å². The van der Waals surface area contributed by atoms with Gasteiger partial charge in [-0.3, -0.25) is 0 Å². The third-order valence-electron chi connectivity index (χ3n) is 4.21. The average Bonchev–Trinajstić information content (AvgIpc) is 2.88. The lowest BCUT2D eigenvalue weighted by atomic mass is 10.0. The molecule has 2 N–H and O–H groups in total. The summed E-state index contributed by atoms with van der Waals surface area (Å²) in [6, 6.07) is 17.0. The van der Waals surface area contributed by atoms with Crippen molar-refractivity contribution in [2.24, 2.45) is 0 Å². The second-order valence-corrected chi connectivity index (χ2v) is 5.56. The number of rotatable bonds is 4. The summed E-state index contributed by atoms with van der Waals surface area (Å²) in [7, 11) is 0. The van der Waals surface area contributed by atoms with E-state index in [1.54, 1.807) is 6.07 Å². The van der Waals surface area contributed by atoms with Gasteiger partial charge in [0.25, 0.3) is 0 Å². The van der Waals surface area contributed by atoms with Crippen LogP contribution < -0.4 is 5.32 Å². The Kier molecular flexibility index (Phi) is 3.75. The van der Waals surface area contributed by atoms with Crippen LogP contribution in [0.4, 0.5) is 0 Å². The smallest absolute Gasteiger partial charge is 0.120 e. The third-order valence-corrected chi connectivity index (χ3v) is 4.21. The van der Waals surface area contributed by atoms with Gasteiger partial charge in [-0.2, -0.15) is 0 Å². The highest BCUT2D eigenvalue weighted by Gasteiger charge is 2.24. The molecule has 0 bridgehead atoms. The summed E-state index contributed by atoms with van der Waals surface area (Å²) in [4.78, 5) is 0. The Bertz CT molecular complexity index is 568.